The van der Waals surface area contributed by atoms with Gasteiger partial charge in [0.05, 0.1) is 19.0 Å². The minimum atomic E-state index is -0.234. The van der Waals surface area contributed by atoms with Crippen LogP contribution in [0.25, 0.3) is 0 Å². The number of carbonyl (C=O) groups excluding carboxylic acids is 1. The zero-order valence-electron chi connectivity index (χ0n) is 9.21. The molecule has 0 aromatic heterocycles. The molecule has 1 rings (SSSR count). The van der Waals surface area contributed by atoms with E-state index in [9.17, 15) is 4.79 Å². The van der Waals surface area contributed by atoms with E-state index in [2.05, 4.69) is 31.9 Å². The Bertz CT molecular complexity index is 402. The van der Waals surface area contributed by atoms with Gasteiger partial charge >= 0.3 is 0 Å². The summed E-state index contributed by atoms with van der Waals surface area (Å²) in [5, 5.41) is 0. The molecule has 88 valence electrons. The summed E-state index contributed by atoms with van der Waals surface area (Å²) in [6.07, 6.45) is 0. The van der Waals surface area contributed by atoms with Crippen molar-refractivity contribution in [2.75, 3.05) is 14.2 Å². The highest BCUT2D eigenvalue weighted by atomic mass is 79.9. The number of benzene rings is 1. The first-order chi connectivity index (χ1) is 7.51. The quantitative estimate of drug-likeness (QED) is 0.615. The lowest BCUT2D eigenvalue weighted by molar-refractivity contribution is 0.0994. The van der Waals surface area contributed by atoms with Crippen molar-refractivity contribution in [1.29, 1.82) is 0 Å². The summed E-state index contributed by atoms with van der Waals surface area (Å²) >= 11 is 6.59. The van der Waals surface area contributed by atoms with E-state index in [1.54, 1.807) is 26.2 Å². The zero-order valence-corrected chi connectivity index (χ0v) is 12.4. The van der Waals surface area contributed by atoms with Crippen LogP contribution < -0.4 is 9.47 Å². The number of rotatable bonds is 4. The van der Waals surface area contributed by atoms with Crippen LogP contribution in [0.15, 0.2) is 16.6 Å². The van der Waals surface area contributed by atoms with Crippen molar-refractivity contribution < 1.29 is 14.3 Å². The average molecular weight is 352 g/mol. The van der Waals surface area contributed by atoms with Crippen LogP contribution in [0, 0.1) is 0 Å². The molecule has 0 bridgehead atoms. The molecule has 0 amide bonds. The van der Waals surface area contributed by atoms with Crippen LogP contribution in [0.2, 0.25) is 0 Å². The lowest BCUT2D eigenvalue weighted by Crippen LogP contribution is -2.11. The molecule has 0 N–H and O–H groups in total. The smallest absolute Gasteiger partial charge is 0.177 e. The van der Waals surface area contributed by atoms with Crippen LogP contribution in [0.3, 0.4) is 0 Å². The van der Waals surface area contributed by atoms with Crippen LogP contribution in [-0.2, 0) is 0 Å². The Morgan fingerprint density at radius 1 is 1.25 bits per heavy atom. The third-order valence-electron chi connectivity index (χ3n) is 2.10. The Balaban J connectivity index is 3.26. The predicted octanol–water partition coefficient (Wildman–Crippen LogP) is 3.43. The summed E-state index contributed by atoms with van der Waals surface area (Å²) < 4.78 is 11.0. The fourth-order valence-corrected chi connectivity index (χ4v) is 2.02. The van der Waals surface area contributed by atoms with Gasteiger partial charge in [-0.25, -0.2) is 0 Å². The molecular weight excluding hydrogens is 340 g/mol. The molecule has 0 heterocycles. The van der Waals surface area contributed by atoms with Gasteiger partial charge in [-0.1, -0.05) is 15.9 Å². The van der Waals surface area contributed by atoms with Crippen molar-refractivity contribution in [3.05, 3.63) is 22.2 Å². The standard InChI is InChI=1S/C11H12Br2O3/c1-6(12)11(14)7-4-9(15-2)10(16-3)5-8(7)13/h4-6H,1-3H3. The summed E-state index contributed by atoms with van der Waals surface area (Å²) in [7, 11) is 3.09. The Labute approximate surface area is 111 Å². The minimum Gasteiger partial charge on any atom is -0.493 e. The molecule has 0 fully saturated rings. The Kier molecular flexibility index (Phi) is 4.80. The summed E-state index contributed by atoms with van der Waals surface area (Å²) in [6.45, 7) is 1.78. The van der Waals surface area contributed by atoms with Crippen molar-refractivity contribution in [1.82, 2.24) is 0 Å². The summed E-state index contributed by atoms with van der Waals surface area (Å²) in [5.74, 6) is 1.13. The number of carbonyl (C=O) groups is 1. The molecule has 0 saturated carbocycles. The molecule has 5 heteroatoms. The van der Waals surface area contributed by atoms with E-state index in [1.165, 1.54) is 7.11 Å². The normalized spacial score (nSPS) is 12.1. The van der Waals surface area contributed by atoms with E-state index in [0.717, 1.165) is 0 Å². The molecule has 0 spiro atoms. The number of ketones is 1. The topological polar surface area (TPSA) is 35.5 Å². The van der Waals surface area contributed by atoms with Crippen molar-refractivity contribution in [3.8, 4) is 11.5 Å². The largest absolute Gasteiger partial charge is 0.493 e. The number of ether oxygens (including phenoxy) is 2. The van der Waals surface area contributed by atoms with Crippen molar-refractivity contribution in [2.45, 2.75) is 11.8 Å². The van der Waals surface area contributed by atoms with Gasteiger partial charge in [0, 0.05) is 10.0 Å². The molecule has 0 radical (unpaired) electrons. The molecule has 0 saturated heterocycles. The van der Waals surface area contributed by atoms with Crippen LogP contribution in [-0.4, -0.2) is 24.8 Å². The lowest BCUT2D eigenvalue weighted by atomic mass is 10.1. The summed E-state index contributed by atoms with van der Waals surface area (Å²) in [4.78, 5) is 11.6. The van der Waals surface area contributed by atoms with E-state index in [1.807, 2.05) is 0 Å². The van der Waals surface area contributed by atoms with E-state index >= 15 is 0 Å². The number of hydrogen-bond acceptors (Lipinski definition) is 3. The first kappa shape index (κ1) is 13.5. The van der Waals surface area contributed by atoms with Crippen molar-refractivity contribution in [3.63, 3.8) is 0 Å². The van der Waals surface area contributed by atoms with Crippen LogP contribution in [0.4, 0.5) is 0 Å². The van der Waals surface area contributed by atoms with Crippen LogP contribution >= 0.6 is 31.9 Å². The number of Topliss-reactive ketones (excluding diaryl/α,β-unsaturated/α-hetero) is 1. The molecule has 3 nitrogen and oxygen atoms in total. The maximum Gasteiger partial charge on any atom is 0.177 e. The minimum absolute atomic E-state index is 0.00664. The van der Waals surface area contributed by atoms with Gasteiger partial charge in [-0.3, -0.25) is 4.79 Å². The van der Waals surface area contributed by atoms with E-state index < -0.39 is 0 Å². The summed E-state index contributed by atoms with van der Waals surface area (Å²) in [5.41, 5.74) is 0.571. The fraction of sp³-hybridized carbons (Fsp3) is 0.364. The Hall–Kier alpha value is -0.550. The molecular formula is C11H12Br2O3. The van der Waals surface area contributed by atoms with E-state index in [0.29, 0.717) is 21.5 Å². The van der Waals surface area contributed by atoms with Gasteiger partial charge < -0.3 is 9.47 Å². The monoisotopic (exact) mass is 350 g/mol. The third-order valence-corrected chi connectivity index (χ3v) is 3.17. The molecule has 0 aliphatic heterocycles. The fourth-order valence-electron chi connectivity index (χ4n) is 1.26. The number of alkyl halides is 1. The molecule has 1 aromatic rings. The third kappa shape index (κ3) is 2.77. The number of halogens is 2. The van der Waals surface area contributed by atoms with Gasteiger partial charge in [0.1, 0.15) is 0 Å². The highest BCUT2D eigenvalue weighted by molar-refractivity contribution is 9.10. The van der Waals surface area contributed by atoms with Crippen molar-refractivity contribution in [2.24, 2.45) is 0 Å². The second kappa shape index (κ2) is 5.68. The Morgan fingerprint density at radius 3 is 2.19 bits per heavy atom. The average Bonchev–Trinajstić information content (AvgIpc) is 2.27. The highest BCUT2D eigenvalue weighted by Crippen LogP contribution is 2.34. The first-order valence-electron chi connectivity index (χ1n) is 4.61. The number of methoxy groups -OCH3 is 2. The summed E-state index contributed by atoms with van der Waals surface area (Å²) in [6, 6.07) is 3.39. The first-order valence-corrected chi connectivity index (χ1v) is 6.32. The van der Waals surface area contributed by atoms with Gasteiger partial charge in [-0.15, -0.1) is 0 Å². The van der Waals surface area contributed by atoms with Crippen LogP contribution in [0.5, 0.6) is 11.5 Å². The maximum absolute atomic E-state index is 11.9. The predicted molar refractivity (Wildman–Crippen MR) is 70.0 cm³/mol. The van der Waals surface area contributed by atoms with Gasteiger partial charge in [0.2, 0.25) is 0 Å². The molecule has 16 heavy (non-hydrogen) atoms. The van der Waals surface area contributed by atoms with Gasteiger partial charge in [0.15, 0.2) is 17.3 Å². The van der Waals surface area contributed by atoms with E-state index in [-0.39, 0.29) is 10.6 Å². The Morgan fingerprint density at radius 2 is 1.75 bits per heavy atom. The van der Waals surface area contributed by atoms with Gasteiger partial charge in [-0.05, 0) is 35.0 Å². The SMILES string of the molecule is COc1cc(Br)c(C(=O)C(C)Br)cc1OC. The van der Waals surface area contributed by atoms with Crippen molar-refractivity contribution >= 4 is 37.6 Å². The van der Waals surface area contributed by atoms with E-state index in [4.69, 9.17) is 9.47 Å². The second-order valence-electron chi connectivity index (χ2n) is 3.17. The highest BCUT2D eigenvalue weighted by Gasteiger charge is 2.18. The van der Waals surface area contributed by atoms with Crippen LogP contribution in [0.1, 0.15) is 17.3 Å². The maximum atomic E-state index is 11.9. The lowest BCUT2D eigenvalue weighted by Gasteiger charge is -2.11. The van der Waals surface area contributed by atoms with Gasteiger partial charge in [0.25, 0.3) is 0 Å². The second-order valence-corrected chi connectivity index (χ2v) is 5.40. The van der Waals surface area contributed by atoms with Gasteiger partial charge in [-0.2, -0.15) is 0 Å². The molecule has 1 atom stereocenters. The zero-order chi connectivity index (χ0) is 12.3. The molecule has 1 aromatic carbocycles. The molecule has 0 aliphatic rings. The molecule has 1 unspecified atom stereocenters. The molecule has 0 aliphatic carbocycles. The number of hydrogen-bond donors (Lipinski definition) is 0.